The van der Waals surface area contributed by atoms with Gasteiger partial charge < -0.3 is 4.90 Å². The maximum Gasteiger partial charge on any atom is 0.264 e. The summed E-state index contributed by atoms with van der Waals surface area (Å²) >= 11 is 1.42. The van der Waals surface area contributed by atoms with Gasteiger partial charge in [0, 0.05) is 26.2 Å². The van der Waals surface area contributed by atoms with Gasteiger partial charge in [0.15, 0.2) is 0 Å². The van der Waals surface area contributed by atoms with Gasteiger partial charge in [-0.15, -0.1) is 11.3 Å². The second-order valence-corrected chi connectivity index (χ2v) is 10.5. The van der Waals surface area contributed by atoms with Crippen molar-refractivity contribution in [1.29, 1.82) is 0 Å². The topological polar surface area (TPSA) is 57.7 Å². The molecular formula is C21H26N2O3S2. The van der Waals surface area contributed by atoms with Crippen molar-refractivity contribution in [3.8, 4) is 0 Å². The molecular weight excluding hydrogens is 392 g/mol. The van der Waals surface area contributed by atoms with Crippen LogP contribution in [0.5, 0.6) is 0 Å². The summed E-state index contributed by atoms with van der Waals surface area (Å²) in [6.45, 7) is 1.53. The molecule has 1 aliphatic carbocycles. The highest BCUT2D eigenvalue weighted by Gasteiger charge is 2.30. The zero-order valence-electron chi connectivity index (χ0n) is 15.9. The Bertz CT molecular complexity index is 894. The fourth-order valence-corrected chi connectivity index (χ4v) is 6.30. The first-order valence-electron chi connectivity index (χ1n) is 9.98. The Morgan fingerprint density at radius 3 is 2.21 bits per heavy atom. The van der Waals surface area contributed by atoms with Crippen molar-refractivity contribution >= 4 is 27.3 Å². The van der Waals surface area contributed by atoms with E-state index in [1.54, 1.807) is 17.0 Å². The third-order valence-electron chi connectivity index (χ3n) is 5.85. The van der Waals surface area contributed by atoms with E-state index in [4.69, 9.17) is 0 Å². The lowest BCUT2D eigenvalue weighted by Crippen LogP contribution is -2.50. The maximum absolute atomic E-state index is 13.0. The predicted molar refractivity (Wildman–Crippen MR) is 111 cm³/mol. The molecule has 0 atom stereocenters. The average Bonchev–Trinajstić information content (AvgIpc) is 3.29. The molecule has 1 saturated carbocycles. The highest BCUT2D eigenvalue weighted by Crippen LogP contribution is 2.33. The van der Waals surface area contributed by atoms with Gasteiger partial charge in [0.05, 0.1) is 9.77 Å². The van der Waals surface area contributed by atoms with E-state index in [1.807, 2.05) is 29.6 Å². The Morgan fingerprint density at radius 2 is 1.61 bits per heavy atom. The van der Waals surface area contributed by atoms with Gasteiger partial charge in [-0.3, -0.25) is 4.79 Å². The summed E-state index contributed by atoms with van der Waals surface area (Å²) in [5, 5.41) is 1.88. The first-order valence-corrected chi connectivity index (χ1v) is 12.3. The van der Waals surface area contributed by atoms with Crippen LogP contribution in [0.2, 0.25) is 0 Å². The molecule has 4 rings (SSSR count). The van der Waals surface area contributed by atoms with Gasteiger partial charge in [0.2, 0.25) is 10.0 Å². The molecule has 0 radical (unpaired) electrons. The zero-order chi connectivity index (χ0) is 19.6. The summed E-state index contributed by atoms with van der Waals surface area (Å²) in [5.41, 5.74) is 1.25. The molecule has 5 nitrogen and oxygen atoms in total. The molecule has 2 aliphatic rings. The van der Waals surface area contributed by atoms with Gasteiger partial charge >= 0.3 is 0 Å². The lowest BCUT2D eigenvalue weighted by Gasteiger charge is -2.33. The van der Waals surface area contributed by atoms with Gasteiger partial charge in [-0.1, -0.05) is 37.5 Å². The number of nitrogens with zero attached hydrogens (tertiary/aromatic N) is 2. The Hall–Kier alpha value is -1.70. The third kappa shape index (κ3) is 4.02. The number of carbonyl (C=O) groups excluding carboxylic acids is 1. The SMILES string of the molecule is O=C(c1cccs1)N1CCN(S(=O)(=O)c2ccc(C3CCCCC3)cc2)CC1. The van der Waals surface area contributed by atoms with Gasteiger partial charge in [0.25, 0.3) is 5.91 Å². The monoisotopic (exact) mass is 418 g/mol. The van der Waals surface area contributed by atoms with E-state index in [0.717, 1.165) is 0 Å². The lowest BCUT2D eigenvalue weighted by atomic mass is 9.84. The van der Waals surface area contributed by atoms with Crippen molar-refractivity contribution in [2.75, 3.05) is 26.2 Å². The van der Waals surface area contributed by atoms with E-state index in [2.05, 4.69) is 0 Å². The molecule has 0 bridgehead atoms. The lowest BCUT2D eigenvalue weighted by molar-refractivity contribution is 0.0703. The number of hydrogen-bond acceptors (Lipinski definition) is 4. The standard InChI is InChI=1S/C21H26N2O3S2/c24-21(20-7-4-16-27-20)22-12-14-23(15-13-22)28(25,26)19-10-8-18(9-11-19)17-5-2-1-3-6-17/h4,7-11,16-17H,1-3,5-6,12-15H2. The minimum atomic E-state index is -3.51. The highest BCUT2D eigenvalue weighted by molar-refractivity contribution is 7.89. The average molecular weight is 419 g/mol. The van der Waals surface area contributed by atoms with Crippen molar-refractivity contribution in [2.45, 2.75) is 42.9 Å². The maximum atomic E-state index is 13.0. The van der Waals surface area contributed by atoms with Gasteiger partial charge in [-0.05, 0) is 47.9 Å². The zero-order valence-corrected chi connectivity index (χ0v) is 17.6. The van der Waals surface area contributed by atoms with E-state index in [-0.39, 0.29) is 5.91 Å². The van der Waals surface area contributed by atoms with Crippen molar-refractivity contribution in [3.05, 3.63) is 52.2 Å². The van der Waals surface area contributed by atoms with Crippen molar-refractivity contribution in [3.63, 3.8) is 0 Å². The summed E-state index contributed by atoms with van der Waals surface area (Å²) < 4.78 is 27.5. The number of carbonyl (C=O) groups is 1. The van der Waals surface area contributed by atoms with Crippen LogP contribution >= 0.6 is 11.3 Å². The third-order valence-corrected chi connectivity index (χ3v) is 8.62. The second-order valence-electron chi connectivity index (χ2n) is 7.58. The summed E-state index contributed by atoms with van der Waals surface area (Å²) in [6.07, 6.45) is 6.24. The summed E-state index contributed by atoms with van der Waals surface area (Å²) in [5.74, 6) is 0.557. The molecule has 0 unspecified atom stereocenters. The van der Waals surface area contributed by atoms with E-state index in [9.17, 15) is 13.2 Å². The summed E-state index contributed by atoms with van der Waals surface area (Å²) in [6, 6.07) is 11.1. The normalized spacial score (nSPS) is 19.6. The van der Waals surface area contributed by atoms with E-state index in [0.29, 0.717) is 41.9 Å². The molecule has 1 saturated heterocycles. The van der Waals surface area contributed by atoms with E-state index < -0.39 is 10.0 Å². The molecule has 1 amide bonds. The number of amides is 1. The smallest absolute Gasteiger partial charge is 0.264 e. The predicted octanol–water partition coefficient (Wildman–Crippen LogP) is 3.94. The van der Waals surface area contributed by atoms with Crippen LogP contribution in [0.15, 0.2) is 46.7 Å². The molecule has 2 fully saturated rings. The molecule has 2 aromatic rings. The van der Waals surface area contributed by atoms with Gasteiger partial charge in [-0.25, -0.2) is 8.42 Å². The number of rotatable bonds is 4. The molecule has 150 valence electrons. The van der Waals surface area contributed by atoms with Gasteiger partial charge in [-0.2, -0.15) is 4.31 Å². The summed E-state index contributed by atoms with van der Waals surface area (Å²) in [7, 11) is -3.51. The van der Waals surface area contributed by atoms with E-state index in [1.165, 1.54) is 53.3 Å². The van der Waals surface area contributed by atoms with Crippen LogP contribution in [0.3, 0.4) is 0 Å². The van der Waals surface area contributed by atoms with Crippen molar-refractivity contribution in [1.82, 2.24) is 9.21 Å². The second kappa shape index (κ2) is 8.35. The first kappa shape index (κ1) is 19.6. The number of hydrogen-bond donors (Lipinski definition) is 0. The molecule has 7 heteroatoms. The van der Waals surface area contributed by atoms with Crippen molar-refractivity contribution < 1.29 is 13.2 Å². The van der Waals surface area contributed by atoms with Crippen LogP contribution in [-0.2, 0) is 10.0 Å². The molecule has 0 spiro atoms. The molecule has 2 heterocycles. The largest absolute Gasteiger partial charge is 0.335 e. The summed E-state index contributed by atoms with van der Waals surface area (Å²) in [4.78, 5) is 15.2. The Kier molecular flexibility index (Phi) is 5.85. The van der Waals surface area contributed by atoms with Crippen LogP contribution in [0.1, 0.15) is 53.3 Å². The van der Waals surface area contributed by atoms with Crippen LogP contribution < -0.4 is 0 Å². The number of sulfonamides is 1. The Balaban J connectivity index is 1.40. The fourth-order valence-electron chi connectivity index (χ4n) is 4.18. The van der Waals surface area contributed by atoms with Crippen LogP contribution in [0.25, 0.3) is 0 Å². The fraction of sp³-hybridized carbons (Fsp3) is 0.476. The quantitative estimate of drug-likeness (QED) is 0.756. The van der Waals surface area contributed by atoms with E-state index >= 15 is 0 Å². The Morgan fingerprint density at radius 1 is 0.929 bits per heavy atom. The first-order chi connectivity index (χ1) is 13.6. The van der Waals surface area contributed by atoms with Gasteiger partial charge in [0.1, 0.15) is 0 Å². The molecule has 1 aromatic heterocycles. The number of thiophene rings is 1. The number of piperazine rings is 1. The molecule has 28 heavy (non-hydrogen) atoms. The minimum Gasteiger partial charge on any atom is -0.335 e. The van der Waals surface area contributed by atoms with Crippen LogP contribution in [-0.4, -0.2) is 49.7 Å². The van der Waals surface area contributed by atoms with Crippen LogP contribution in [0, 0.1) is 0 Å². The molecule has 0 N–H and O–H groups in total. The highest BCUT2D eigenvalue weighted by atomic mass is 32.2. The molecule has 1 aliphatic heterocycles. The van der Waals surface area contributed by atoms with Crippen molar-refractivity contribution in [2.24, 2.45) is 0 Å². The molecule has 1 aromatic carbocycles. The number of benzene rings is 1. The minimum absolute atomic E-state index is 0.0103. The van der Waals surface area contributed by atoms with Crippen LogP contribution in [0.4, 0.5) is 0 Å². The Labute approximate surface area is 171 Å².